The topological polar surface area (TPSA) is 112 Å². The van der Waals surface area contributed by atoms with Gasteiger partial charge in [0, 0.05) is 24.9 Å². The first-order valence-corrected chi connectivity index (χ1v) is 10.1. The first kappa shape index (κ1) is 22.5. The third kappa shape index (κ3) is 4.06. The largest absolute Gasteiger partial charge is 0.382 e. The number of halogens is 2. The fraction of sp³-hybridized carbons (Fsp3) is 0.217. The van der Waals surface area contributed by atoms with E-state index >= 15 is 0 Å². The summed E-state index contributed by atoms with van der Waals surface area (Å²) >= 11 is 0. The zero-order valence-electron chi connectivity index (χ0n) is 17.6. The smallest absolute Gasteiger partial charge is 0.250 e. The Hall–Kier alpha value is -3.74. The summed E-state index contributed by atoms with van der Waals surface area (Å²) in [5, 5.41) is 10.3. The molecule has 8 nitrogen and oxygen atoms in total. The number of nitrogens with two attached hydrogens (primary N) is 1. The van der Waals surface area contributed by atoms with E-state index < -0.39 is 11.4 Å². The molecule has 1 saturated carbocycles. The molecule has 1 fully saturated rings. The van der Waals surface area contributed by atoms with Crippen LogP contribution in [0.3, 0.4) is 0 Å². The summed E-state index contributed by atoms with van der Waals surface area (Å²) in [6.45, 7) is 0. The van der Waals surface area contributed by atoms with Gasteiger partial charge in [-0.25, -0.2) is 19.3 Å². The second-order valence-electron chi connectivity index (χ2n) is 7.86. The molecule has 0 spiro atoms. The number of pyridine rings is 1. The van der Waals surface area contributed by atoms with Gasteiger partial charge in [0.15, 0.2) is 17.0 Å². The molecule has 4 aromatic rings. The van der Waals surface area contributed by atoms with Crippen molar-refractivity contribution in [2.24, 2.45) is 7.05 Å². The lowest BCUT2D eigenvalue weighted by atomic mass is 9.81. The number of hydrogen-bond donors (Lipinski definition) is 2. The lowest BCUT2D eigenvalue weighted by molar-refractivity contribution is 0.0239. The van der Waals surface area contributed by atoms with Gasteiger partial charge in [-0.15, -0.1) is 12.4 Å². The lowest BCUT2D eigenvalue weighted by Crippen LogP contribution is -2.34. The van der Waals surface area contributed by atoms with E-state index in [2.05, 4.69) is 26.8 Å². The van der Waals surface area contributed by atoms with E-state index in [1.54, 1.807) is 36.0 Å². The van der Waals surface area contributed by atoms with E-state index in [1.165, 1.54) is 22.8 Å². The highest BCUT2D eigenvalue weighted by atomic mass is 35.5. The maximum absolute atomic E-state index is 14.0. The zero-order chi connectivity index (χ0) is 22.5. The Balaban J connectivity index is 0.00000259. The van der Waals surface area contributed by atoms with Crippen molar-refractivity contribution in [1.29, 1.82) is 0 Å². The predicted molar refractivity (Wildman–Crippen MR) is 125 cm³/mol. The molecule has 0 amide bonds. The first-order valence-electron chi connectivity index (χ1n) is 10.1. The number of aryl methyl sites for hydroxylation is 1. The molecule has 10 heteroatoms. The molecule has 5 rings (SSSR count). The van der Waals surface area contributed by atoms with Gasteiger partial charge in [-0.2, -0.15) is 0 Å². The van der Waals surface area contributed by atoms with Crippen LogP contribution in [0.1, 0.15) is 25.1 Å². The second kappa shape index (κ2) is 8.31. The number of fused-ring (bicyclic) bond motifs is 1. The number of nitrogen functional groups attached to an aromatic ring is 1. The van der Waals surface area contributed by atoms with Gasteiger partial charge in [0.1, 0.15) is 17.2 Å². The van der Waals surface area contributed by atoms with Crippen molar-refractivity contribution in [1.82, 2.24) is 24.1 Å². The van der Waals surface area contributed by atoms with Crippen molar-refractivity contribution in [2.75, 3.05) is 5.73 Å². The van der Waals surface area contributed by atoms with E-state index in [9.17, 15) is 14.3 Å². The van der Waals surface area contributed by atoms with Crippen LogP contribution >= 0.6 is 12.4 Å². The lowest BCUT2D eigenvalue weighted by Gasteiger charge is -2.30. The van der Waals surface area contributed by atoms with Gasteiger partial charge in [-0.05, 0) is 43.4 Å². The Bertz CT molecular complexity index is 1500. The van der Waals surface area contributed by atoms with Crippen molar-refractivity contribution in [2.45, 2.75) is 24.9 Å². The summed E-state index contributed by atoms with van der Waals surface area (Å²) in [5.41, 5.74) is 6.76. The molecule has 1 aromatic carbocycles. The number of aromatic nitrogens is 5. The molecule has 33 heavy (non-hydrogen) atoms. The highest BCUT2D eigenvalue weighted by Crippen LogP contribution is 2.31. The fourth-order valence-electron chi connectivity index (χ4n) is 3.62. The SMILES string of the molecule is Cl.Cn1cc(-n2c(-c3cccc(F)c3)nc3c(N)nc(C#CC4(O)CCC4)nc32)ccc1=O. The second-order valence-corrected chi connectivity index (χ2v) is 7.86. The van der Waals surface area contributed by atoms with Crippen LogP contribution in [0.15, 0.2) is 47.4 Å². The minimum atomic E-state index is -1.02. The number of rotatable bonds is 2. The van der Waals surface area contributed by atoms with Gasteiger partial charge in [0.2, 0.25) is 11.4 Å². The number of aliphatic hydroxyl groups is 1. The minimum Gasteiger partial charge on any atom is -0.382 e. The molecule has 0 bridgehead atoms. The standard InChI is InChI=1S/C23H19FN6O2.ClH/c1-29-13-16(6-7-18(29)31)30-21(14-4-2-5-15(24)12-14)28-19-20(25)26-17(27-22(19)30)8-11-23(32)9-3-10-23;/h2,4-7,12-13,32H,3,9-10H2,1H3,(H2,25,26,27);1H. The highest BCUT2D eigenvalue weighted by Gasteiger charge is 2.32. The molecule has 1 aliphatic carbocycles. The number of benzene rings is 1. The van der Waals surface area contributed by atoms with Crippen molar-refractivity contribution in [3.8, 4) is 28.9 Å². The third-order valence-corrected chi connectivity index (χ3v) is 5.53. The van der Waals surface area contributed by atoms with E-state index in [1.807, 2.05) is 0 Å². The van der Waals surface area contributed by atoms with Crippen LogP contribution in [0.4, 0.5) is 10.2 Å². The summed E-state index contributed by atoms with van der Waals surface area (Å²) in [7, 11) is 1.63. The Morgan fingerprint density at radius 3 is 2.64 bits per heavy atom. The van der Waals surface area contributed by atoms with Crippen LogP contribution in [-0.4, -0.2) is 34.8 Å². The summed E-state index contributed by atoms with van der Waals surface area (Å²) in [6, 6.07) is 9.06. The van der Waals surface area contributed by atoms with Gasteiger partial charge in [0.25, 0.3) is 0 Å². The maximum Gasteiger partial charge on any atom is 0.250 e. The molecule has 0 unspecified atom stereocenters. The summed E-state index contributed by atoms with van der Waals surface area (Å²) in [6.07, 6.45) is 3.77. The number of hydrogen-bond acceptors (Lipinski definition) is 6. The van der Waals surface area contributed by atoms with Crippen molar-refractivity contribution < 1.29 is 9.50 Å². The van der Waals surface area contributed by atoms with Gasteiger partial charge in [0.05, 0.1) is 5.69 Å². The van der Waals surface area contributed by atoms with E-state index in [-0.39, 0.29) is 29.6 Å². The number of nitrogens with zero attached hydrogens (tertiary/aromatic N) is 5. The van der Waals surface area contributed by atoms with Crippen molar-refractivity contribution in [3.05, 3.63) is 64.6 Å². The van der Waals surface area contributed by atoms with Crippen LogP contribution in [0, 0.1) is 17.7 Å². The summed E-state index contributed by atoms with van der Waals surface area (Å²) < 4.78 is 17.1. The monoisotopic (exact) mass is 466 g/mol. The van der Waals surface area contributed by atoms with E-state index in [0.29, 0.717) is 41.1 Å². The molecular weight excluding hydrogens is 447 g/mol. The van der Waals surface area contributed by atoms with Gasteiger partial charge in [-0.3, -0.25) is 9.36 Å². The Morgan fingerprint density at radius 1 is 1.18 bits per heavy atom. The number of imidazole rings is 1. The minimum absolute atomic E-state index is 0. The molecule has 3 heterocycles. The average molecular weight is 467 g/mol. The molecule has 0 radical (unpaired) electrons. The van der Waals surface area contributed by atoms with Crippen LogP contribution < -0.4 is 11.3 Å². The van der Waals surface area contributed by atoms with Gasteiger partial charge < -0.3 is 15.4 Å². The van der Waals surface area contributed by atoms with Crippen LogP contribution in [0.2, 0.25) is 0 Å². The van der Waals surface area contributed by atoms with Crippen molar-refractivity contribution in [3.63, 3.8) is 0 Å². The molecule has 3 N–H and O–H groups in total. The molecule has 1 aliphatic rings. The quantitative estimate of drug-likeness (QED) is 0.439. The highest BCUT2D eigenvalue weighted by molar-refractivity contribution is 5.87. The normalized spacial score (nSPS) is 14.2. The van der Waals surface area contributed by atoms with Crippen LogP contribution in [-0.2, 0) is 7.05 Å². The fourth-order valence-corrected chi connectivity index (χ4v) is 3.62. The zero-order valence-corrected chi connectivity index (χ0v) is 18.4. The first-order chi connectivity index (χ1) is 15.3. The van der Waals surface area contributed by atoms with Crippen LogP contribution in [0.25, 0.3) is 28.2 Å². The molecular formula is C23H20ClFN6O2. The van der Waals surface area contributed by atoms with Crippen LogP contribution in [0.5, 0.6) is 0 Å². The molecule has 0 atom stereocenters. The molecule has 0 saturated heterocycles. The Labute approximate surface area is 194 Å². The molecule has 3 aromatic heterocycles. The maximum atomic E-state index is 14.0. The van der Waals surface area contributed by atoms with E-state index in [0.717, 1.165) is 6.42 Å². The molecule has 0 aliphatic heterocycles. The Kier molecular flexibility index (Phi) is 5.66. The number of anilines is 1. The molecule has 168 valence electrons. The van der Waals surface area contributed by atoms with Crippen molar-refractivity contribution >= 4 is 29.4 Å². The summed E-state index contributed by atoms with van der Waals surface area (Å²) in [4.78, 5) is 25.3. The average Bonchev–Trinajstić information content (AvgIpc) is 3.13. The third-order valence-electron chi connectivity index (χ3n) is 5.53. The summed E-state index contributed by atoms with van der Waals surface area (Å²) in [5.74, 6) is 5.88. The van der Waals surface area contributed by atoms with Gasteiger partial charge >= 0.3 is 0 Å². The van der Waals surface area contributed by atoms with Gasteiger partial charge in [-0.1, -0.05) is 18.1 Å². The Morgan fingerprint density at radius 2 is 1.97 bits per heavy atom. The van der Waals surface area contributed by atoms with E-state index in [4.69, 9.17) is 5.73 Å². The predicted octanol–water partition coefficient (Wildman–Crippen LogP) is 2.59.